The molecular weight excluding hydrogens is 288 g/mol. The summed E-state index contributed by atoms with van der Waals surface area (Å²) >= 11 is 0. The van der Waals surface area contributed by atoms with Crippen LogP contribution in [-0.4, -0.2) is 38.8 Å². The monoisotopic (exact) mass is 310 g/mol. The molecule has 120 valence electrons. The molecule has 5 nitrogen and oxygen atoms in total. The molecule has 0 aromatic carbocycles. The number of aryl methyl sites for hydroxylation is 1. The molecule has 3 atom stereocenters. The highest BCUT2D eigenvalue weighted by atomic mass is 16.2. The maximum atomic E-state index is 12.6. The Balaban J connectivity index is 1.64. The van der Waals surface area contributed by atoms with Gasteiger partial charge in [0.05, 0.1) is 5.69 Å². The van der Waals surface area contributed by atoms with E-state index in [1.54, 1.807) is 6.20 Å². The van der Waals surface area contributed by atoms with Crippen LogP contribution >= 0.6 is 0 Å². The number of likely N-dealkylation sites (tertiary alicyclic amines) is 1. The molecule has 2 fully saturated rings. The second-order valence-corrected chi connectivity index (χ2v) is 6.97. The molecule has 2 aromatic rings. The molecule has 1 saturated carbocycles. The van der Waals surface area contributed by atoms with E-state index in [2.05, 4.69) is 21.8 Å². The molecule has 1 amide bonds. The minimum atomic E-state index is 0.263. The lowest BCUT2D eigenvalue weighted by Gasteiger charge is -2.33. The number of hydrogen-bond donors (Lipinski definition) is 0. The molecule has 0 radical (unpaired) electrons. The highest BCUT2D eigenvalue weighted by Gasteiger charge is 2.42. The van der Waals surface area contributed by atoms with Crippen LogP contribution < -0.4 is 0 Å². The van der Waals surface area contributed by atoms with E-state index in [4.69, 9.17) is 4.98 Å². The first kappa shape index (κ1) is 14.5. The van der Waals surface area contributed by atoms with Gasteiger partial charge >= 0.3 is 0 Å². The SMILES string of the molecule is Cc1nc([C@@H]2CCCN(C(=O)[C@@H]3C[C@@H]3C)C2)c2cccnc2n1. The van der Waals surface area contributed by atoms with Gasteiger partial charge in [0.1, 0.15) is 5.82 Å². The van der Waals surface area contributed by atoms with E-state index >= 15 is 0 Å². The van der Waals surface area contributed by atoms with Crippen molar-refractivity contribution in [2.75, 3.05) is 13.1 Å². The summed E-state index contributed by atoms with van der Waals surface area (Å²) < 4.78 is 0. The van der Waals surface area contributed by atoms with Gasteiger partial charge in [-0.1, -0.05) is 6.92 Å². The molecule has 2 aliphatic rings. The van der Waals surface area contributed by atoms with Gasteiger partial charge in [0.2, 0.25) is 5.91 Å². The quantitative estimate of drug-likeness (QED) is 0.855. The zero-order valence-corrected chi connectivity index (χ0v) is 13.7. The maximum Gasteiger partial charge on any atom is 0.225 e. The lowest BCUT2D eigenvalue weighted by atomic mass is 9.92. The summed E-state index contributed by atoms with van der Waals surface area (Å²) in [5, 5.41) is 1.03. The van der Waals surface area contributed by atoms with Crippen molar-refractivity contribution in [3.63, 3.8) is 0 Å². The Morgan fingerprint density at radius 2 is 2.17 bits per heavy atom. The van der Waals surface area contributed by atoms with E-state index < -0.39 is 0 Å². The van der Waals surface area contributed by atoms with E-state index in [1.165, 1.54) is 0 Å². The maximum absolute atomic E-state index is 12.6. The van der Waals surface area contributed by atoms with Crippen LogP contribution in [0.25, 0.3) is 11.0 Å². The number of amides is 1. The third kappa shape index (κ3) is 2.69. The molecule has 0 bridgehead atoms. The minimum absolute atomic E-state index is 0.263. The van der Waals surface area contributed by atoms with Crippen LogP contribution in [0, 0.1) is 18.8 Å². The second kappa shape index (κ2) is 5.55. The molecule has 4 rings (SSSR count). The Morgan fingerprint density at radius 1 is 1.35 bits per heavy atom. The second-order valence-electron chi connectivity index (χ2n) is 6.97. The number of pyridine rings is 1. The third-order valence-corrected chi connectivity index (χ3v) is 5.16. The zero-order valence-electron chi connectivity index (χ0n) is 13.7. The van der Waals surface area contributed by atoms with Crippen LogP contribution in [-0.2, 0) is 4.79 Å². The molecule has 5 heteroatoms. The van der Waals surface area contributed by atoms with Crippen molar-refractivity contribution < 1.29 is 4.79 Å². The minimum Gasteiger partial charge on any atom is -0.342 e. The summed E-state index contributed by atoms with van der Waals surface area (Å²) in [6.45, 7) is 5.74. The van der Waals surface area contributed by atoms with Gasteiger partial charge in [-0.15, -0.1) is 0 Å². The summed E-state index contributed by atoms with van der Waals surface area (Å²) in [5.41, 5.74) is 1.82. The van der Waals surface area contributed by atoms with Crippen molar-refractivity contribution >= 4 is 16.9 Å². The van der Waals surface area contributed by atoms with E-state index in [0.29, 0.717) is 11.8 Å². The Bertz CT molecular complexity index is 760. The smallest absolute Gasteiger partial charge is 0.225 e. The number of carbonyl (C=O) groups is 1. The van der Waals surface area contributed by atoms with Gasteiger partial charge in [0, 0.05) is 36.5 Å². The lowest BCUT2D eigenvalue weighted by molar-refractivity contribution is -0.134. The molecule has 1 aliphatic carbocycles. The van der Waals surface area contributed by atoms with Crippen LogP contribution in [0.15, 0.2) is 18.3 Å². The molecule has 0 N–H and O–H groups in total. The fourth-order valence-electron chi connectivity index (χ4n) is 3.71. The van der Waals surface area contributed by atoms with Crippen molar-refractivity contribution in [3.8, 4) is 0 Å². The van der Waals surface area contributed by atoms with Crippen LogP contribution in [0.1, 0.15) is 43.6 Å². The van der Waals surface area contributed by atoms with E-state index in [0.717, 1.165) is 54.9 Å². The van der Waals surface area contributed by atoms with Gasteiger partial charge in [-0.05, 0) is 44.2 Å². The first-order valence-electron chi connectivity index (χ1n) is 8.51. The molecule has 0 spiro atoms. The molecule has 23 heavy (non-hydrogen) atoms. The number of aromatic nitrogens is 3. The van der Waals surface area contributed by atoms with Crippen molar-refractivity contribution in [1.82, 2.24) is 19.9 Å². The van der Waals surface area contributed by atoms with Gasteiger partial charge in [-0.3, -0.25) is 4.79 Å². The number of carbonyl (C=O) groups excluding carboxylic acids is 1. The van der Waals surface area contributed by atoms with E-state index in [1.807, 2.05) is 19.1 Å². The van der Waals surface area contributed by atoms with E-state index in [9.17, 15) is 4.79 Å². The molecule has 3 heterocycles. The van der Waals surface area contributed by atoms with Crippen molar-refractivity contribution in [3.05, 3.63) is 29.8 Å². The molecule has 2 aromatic heterocycles. The predicted molar refractivity (Wildman–Crippen MR) is 87.9 cm³/mol. The standard InChI is InChI=1S/C18H22N4O/c1-11-9-15(11)18(23)22-8-4-5-13(10-22)16-14-6-3-7-19-17(14)21-12(2)20-16/h3,6-7,11,13,15H,4-5,8-10H2,1-2H3/t11-,13+,15+/m0/s1. The van der Waals surface area contributed by atoms with Gasteiger partial charge in [-0.2, -0.15) is 0 Å². The Hall–Kier alpha value is -2.04. The summed E-state index contributed by atoms with van der Waals surface area (Å²) in [5.74, 6) is 2.21. The average Bonchev–Trinajstić information content (AvgIpc) is 3.30. The van der Waals surface area contributed by atoms with Crippen LogP contribution in [0.5, 0.6) is 0 Å². The average molecular weight is 310 g/mol. The fraction of sp³-hybridized carbons (Fsp3) is 0.556. The fourth-order valence-corrected chi connectivity index (χ4v) is 3.71. The van der Waals surface area contributed by atoms with E-state index in [-0.39, 0.29) is 11.8 Å². The number of hydrogen-bond acceptors (Lipinski definition) is 4. The zero-order chi connectivity index (χ0) is 16.0. The van der Waals surface area contributed by atoms with Crippen molar-refractivity contribution in [2.45, 2.75) is 39.0 Å². The topological polar surface area (TPSA) is 59.0 Å². The molecular formula is C18H22N4O. The number of nitrogens with zero attached hydrogens (tertiary/aromatic N) is 4. The Morgan fingerprint density at radius 3 is 2.96 bits per heavy atom. The molecule has 1 aliphatic heterocycles. The number of rotatable bonds is 2. The summed E-state index contributed by atoms with van der Waals surface area (Å²) in [4.78, 5) is 28.1. The van der Waals surface area contributed by atoms with Gasteiger partial charge < -0.3 is 4.90 Å². The number of fused-ring (bicyclic) bond motifs is 1. The normalized spacial score (nSPS) is 27.2. The van der Waals surface area contributed by atoms with Crippen molar-refractivity contribution in [1.29, 1.82) is 0 Å². The van der Waals surface area contributed by atoms with Gasteiger partial charge in [-0.25, -0.2) is 15.0 Å². The first-order chi connectivity index (χ1) is 11.1. The van der Waals surface area contributed by atoms with Crippen LogP contribution in [0.4, 0.5) is 0 Å². The number of piperidine rings is 1. The van der Waals surface area contributed by atoms with Gasteiger partial charge in [0.25, 0.3) is 0 Å². The predicted octanol–water partition coefficient (Wildman–Crippen LogP) is 2.70. The lowest BCUT2D eigenvalue weighted by Crippen LogP contribution is -2.40. The molecule has 0 unspecified atom stereocenters. The Kier molecular flexibility index (Phi) is 3.51. The Labute approximate surface area is 136 Å². The van der Waals surface area contributed by atoms with Crippen LogP contribution in [0.2, 0.25) is 0 Å². The van der Waals surface area contributed by atoms with Crippen LogP contribution in [0.3, 0.4) is 0 Å². The van der Waals surface area contributed by atoms with Crippen molar-refractivity contribution in [2.24, 2.45) is 11.8 Å². The largest absolute Gasteiger partial charge is 0.342 e. The first-order valence-corrected chi connectivity index (χ1v) is 8.51. The third-order valence-electron chi connectivity index (χ3n) is 5.16. The summed E-state index contributed by atoms with van der Waals surface area (Å²) in [6, 6.07) is 3.98. The highest BCUT2D eigenvalue weighted by molar-refractivity contribution is 5.82. The molecule has 1 saturated heterocycles. The summed E-state index contributed by atoms with van der Waals surface area (Å²) in [7, 11) is 0. The highest BCUT2D eigenvalue weighted by Crippen LogP contribution is 2.40. The van der Waals surface area contributed by atoms with Gasteiger partial charge in [0.15, 0.2) is 5.65 Å². The summed E-state index contributed by atoms with van der Waals surface area (Å²) in [6.07, 6.45) is 4.94.